The zero-order valence-corrected chi connectivity index (χ0v) is 32.2. The molecule has 1 fully saturated rings. The molecular weight excluding hydrogens is 677 g/mol. The highest BCUT2D eigenvalue weighted by Gasteiger charge is 2.57. The zero-order valence-electron chi connectivity index (χ0n) is 31.4. The minimum Gasteiger partial charge on any atom is -0.393 e. The molecule has 8 rings (SSSR count). The van der Waals surface area contributed by atoms with Gasteiger partial charge in [0, 0.05) is 28.3 Å². The molecule has 0 spiro atoms. The molecule has 7 heteroatoms. The van der Waals surface area contributed by atoms with Gasteiger partial charge in [0.2, 0.25) is 5.78 Å². The highest BCUT2D eigenvalue weighted by atomic mass is 32.1. The third-order valence-corrected chi connectivity index (χ3v) is 13.1. The lowest BCUT2D eigenvalue weighted by Gasteiger charge is -2.46. The zero-order chi connectivity index (χ0) is 37.3. The van der Waals surface area contributed by atoms with Crippen LogP contribution in [0.5, 0.6) is 0 Å². The Morgan fingerprint density at radius 3 is 2.49 bits per heavy atom. The fraction of sp³-hybridized carbons (Fsp3) is 0.391. The topological polar surface area (TPSA) is 89.9 Å². The van der Waals surface area contributed by atoms with Gasteiger partial charge in [0.25, 0.3) is 0 Å². The van der Waals surface area contributed by atoms with E-state index < -0.39 is 17.1 Å². The van der Waals surface area contributed by atoms with Crippen molar-refractivity contribution in [3.05, 3.63) is 130 Å². The van der Waals surface area contributed by atoms with Crippen LogP contribution in [-0.2, 0) is 13.0 Å². The fourth-order valence-corrected chi connectivity index (χ4v) is 9.93. The van der Waals surface area contributed by atoms with Crippen LogP contribution in [0.15, 0.2) is 103 Å². The third-order valence-electron chi connectivity index (χ3n) is 12.0. The van der Waals surface area contributed by atoms with Gasteiger partial charge >= 0.3 is 6.03 Å². The Labute approximate surface area is 317 Å². The van der Waals surface area contributed by atoms with E-state index in [4.69, 9.17) is 0 Å². The molecule has 0 saturated heterocycles. The number of hydrogen-bond acceptors (Lipinski definition) is 5. The maximum absolute atomic E-state index is 14.6. The number of aliphatic hydroxyl groups excluding tert-OH is 1. The molecule has 0 unspecified atom stereocenters. The van der Waals surface area contributed by atoms with Gasteiger partial charge in [-0.1, -0.05) is 91.4 Å². The lowest BCUT2D eigenvalue weighted by Crippen LogP contribution is -2.55. The number of fused-ring (bicyclic) bond motifs is 10. The molecule has 0 aliphatic heterocycles. The van der Waals surface area contributed by atoms with Crippen LogP contribution in [0.2, 0.25) is 0 Å². The van der Waals surface area contributed by atoms with Crippen LogP contribution in [0.1, 0.15) is 104 Å². The molecular formula is C46H52N2O4S. The molecule has 0 radical (unpaired) electrons. The summed E-state index contributed by atoms with van der Waals surface area (Å²) in [4.78, 5) is 31.2. The Kier molecular flexibility index (Phi) is 10.6. The largest absolute Gasteiger partial charge is 0.393 e. The average Bonchev–Trinajstić information content (AvgIpc) is 3.68. The molecule has 3 aliphatic rings. The number of hydrogen-bond donors (Lipinski definition) is 3. The minimum atomic E-state index is -1.23. The van der Waals surface area contributed by atoms with Crippen LogP contribution in [0.3, 0.4) is 0 Å². The Hall–Kier alpha value is -4.30. The normalized spacial score (nSPS) is 23.5. The quantitative estimate of drug-likeness (QED) is 0.115. The van der Waals surface area contributed by atoms with Gasteiger partial charge < -0.3 is 20.4 Å². The van der Waals surface area contributed by atoms with Gasteiger partial charge in [-0.05, 0) is 123 Å². The van der Waals surface area contributed by atoms with Crippen molar-refractivity contribution < 1.29 is 19.8 Å². The van der Waals surface area contributed by atoms with Gasteiger partial charge in [-0.2, -0.15) is 0 Å². The summed E-state index contributed by atoms with van der Waals surface area (Å²) in [5.74, 6) is -0.156. The number of amides is 2. The number of thiophene rings is 1. The first-order valence-corrected chi connectivity index (χ1v) is 20.0. The van der Waals surface area contributed by atoms with Crippen LogP contribution in [-0.4, -0.2) is 51.2 Å². The van der Waals surface area contributed by atoms with Gasteiger partial charge in [-0.25, -0.2) is 4.79 Å². The number of nitrogens with one attached hydrogen (secondary N) is 1. The molecule has 1 aromatic heterocycles. The van der Waals surface area contributed by atoms with Crippen molar-refractivity contribution in [1.82, 2.24) is 10.2 Å². The van der Waals surface area contributed by atoms with Crippen molar-refractivity contribution in [2.24, 2.45) is 5.41 Å². The van der Waals surface area contributed by atoms with Crippen molar-refractivity contribution in [1.29, 1.82) is 0 Å². The second-order valence-electron chi connectivity index (χ2n) is 16.0. The summed E-state index contributed by atoms with van der Waals surface area (Å²) < 4.78 is 1.07. The maximum Gasteiger partial charge on any atom is 0.317 e. The van der Waals surface area contributed by atoms with Crippen molar-refractivity contribution in [2.45, 2.75) is 103 Å². The standard InChI is InChI=1S/C46H52N2O4S/c1-30(2)47-44(51)48(28-35-15-9-14-33-12-5-7-16-37(33)35)29-46(52)24-22-40-38-21-19-32(25-36(49)20-18-31(3)11-10-23-45(40,46)4)26-39(38)43(50)42-27-34-13-6-8-17-41(34)53-42/h5-9,11-17,19,21,26-27,30,36,40,49,52H,10,18,20,22-25,28-29H2,1-4H3,(H,47,51)/t36-,40-,45-,46+/m0/s1. The lowest BCUT2D eigenvalue weighted by atomic mass is 9.64. The van der Waals surface area contributed by atoms with E-state index in [9.17, 15) is 19.8 Å². The molecule has 6 nitrogen and oxygen atoms in total. The highest BCUT2D eigenvalue weighted by molar-refractivity contribution is 7.21. The predicted molar refractivity (Wildman–Crippen MR) is 217 cm³/mol. The maximum atomic E-state index is 14.6. The SMILES string of the molecule is CC1=CCC[C@@]2(C)[C@@H](CC[C@@]2(O)CN(Cc2cccc3ccccc23)C(=O)NC(C)C)c2ccc(cc2C(=O)c2cc3ccccc3s2)C[C@@H](O)CC1. The monoisotopic (exact) mass is 728 g/mol. The number of allylic oxidation sites excluding steroid dienone is 2. The number of urea groups is 1. The van der Waals surface area contributed by atoms with Crippen molar-refractivity contribution in [2.75, 3.05) is 6.54 Å². The molecule has 276 valence electrons. The Morgan fingerprint density at radius 1 is 0.943 bits per heavy atom. The van der Waals surface area contributed by atoms with E-state index in [1.165, 1.54) is 16.9 Å². The van der Waals surface area contributed by atoms with E-state index in [0.717, 1.165) is 50.4 Å². The molecule has 4 atom stereocenters. The Bertz CT molecular complexity index is 2130. The molecule has 53 heavy (non-hydrogen) atoms. The highest BCUT2D eigenvalue weighted by Crippen LogP contribution is 2.59. The number of rotatable bonds is 7. The van der Waals surface area contributed by atoms with Gasteiger partial charge in [0.15, 0.2) is 0 Å². The molecule has 2 amide bonds. The summed E-state index contributed by atoms with van der Waals surface area (Å²) in [7, 11) is 0. The van der Waals surface area contributed by atoms with Gasteiger partial charge in [-0.15, -0.1) is 11.3 Å². The Balaban J connectivity index is 1.31. The Morgan fingerprint density at radius 2 is 1.70 bits per heavy atom. The van der Waals surface area contributed by atoms with Crippen LogP contribution >= 0.6 is 11.3 Å². The predicted octanol–water partition coefficient (Wildman–Crippen LogP) is 9.94. The van der Waals surface area contributed by atoms with E-state index in [1.807, 2.05) is 68.4 Å². The summed E-state index contributed by atoms with van der Waals surface area (Å²) in [6.07, 6.45) is 6.24. The van der Waals surface area contributed by atoms with Gasteiger partial charge in [-0.3, -0.25) is 4.79 Å². The first kappa shape index (κ1) is 37.0. The molecule has 5 aromatic rings. The molecule has 3 N–H and O–H groups in total. The van der Waals surface area contributed by atoms with Crippen molar-refractivity contribution >= 4 is 44.0 Å². The van der Waals surface area contributed by atoms with Crippen LogP contribution < -0.4 is 5.32 Å². The van der Waals surface area contributed by atoms with Crippen molar-refractivity contribution in [3.8, 4) is 0 Å². The number of ketones is 1. The summed E-state index contributed by atoms with van der Waals surface area (Å²) in [5.41, 5.74) is 2.88. The smallest absolute Gasteiger partial charge is 0.317 e. The first-order chi connectivity index (χ1) is 25.4. The van der Waals surface area contributed by atoms with E-state index in [-0.39, 0.29) is 30.3 Å². The molecule has 1 heterocycles. The molecule has 4 aromatic carbocycles. The first-order valence-electron chi connectivity index (χ1n) is 19.2. The van der Waals surface area contributed by atoms with Gasteiger partial charge in [0.05, 0.1) is 23.1 Å². The number of aliphatic hydroxyl groups is 2. The third kappa shape index (κ3) is 7.57. The number of nitrogens with zero attached hydrogens (tertiary/aromatic N) is 1. The van der Waals surface area contributed by atoms with E-state index >= 15 is 0 Å². The second-order valence-corrected chi connectivity index (χ2v) is 17.1. The summed E-state index contributed by atoms with van der Waals surface area (Å²) in [6, 6.07) is 30.4. The van der Waals surface area contributed by atoms with E-state index in [0.29, 0.717) is 49.1 Å². The van der Waals surface area contributed by atoms with Crippen molar-refractivity contribution in [3.63, 3.8) is 0 Å². The number of carbonyl (C=O) groups is 2. The summed E-state index contributed by atoms with van der Waals surface area (Å²) in [5, 5.41) is 30.5. The van der Waals surface area contributed by atoms with Gasteiger partial charge in [0.1, 0.15) is 0 Å². The molecule has 1 saturated carbocycles. The fourth-order valence-electron chi connectivity index (χ4n) is 8.91. The number of benzene rings is 4. The average molecular weight is 729 g/mol. The number of carbonyl (C=O) groups excluding carboxylic acids is 2. The molecule has 2 bridgehead atoms. The lowest BCUT2D eigenvalue weighted by molar-refractivity contribution is -0.0780. The van der Waals surface area contributed by atoms with E-state index in [2.05, 4.69) is 61.6 Å². The summed E-state index contributed by atoms with van der Waals surface area (Å²) in [6.45, 7) is 8.74. The minimum absolute atomic E-state index is 0.0212. The van der Waals surface area contributed by atoms with Crippen LogP contribution in [0, 0.1) is 5.41 Å². The molecule has 3 aliphatic carbocycles. The second kappa shape index (κ2) is 15.2. The van der Waals surface area contributed by atoms with Crippen LogP contribution in [0.25, 0.3) is 20.9 Å². The summed E-state index contributed by atoms with van der Waals surface area (Å²) >= 11 is 1.51. The van der Waals surface area contributed by atoms with E-state index in [1.54, 1.807) is 4.90 Å². The van der Waals surface area contributed by atoms with Crippen LogP contribution in [0.4, 0.5) is 4.79 Å².